The molecule has 0 aromatic carbocycles. The molecule has 0 amide bonds. The van der Waals surface area contributed by atoms with Crippen LogP contribution in [0.4, 0.5) is 13.2 Å². The summed E-state index contributed by atoms with van der Waals surface area (Å²) in [5.74, 6) is -3.06. The van der Waals surface area contributed by atoms with Crippen LogP contribution >= 0.6 is 0 Å². The second kappa shape index (κ2) is 8.30. The van der Waals surface area contributed by atoms with Gasteiger partial charge in [-0.3, -0.25) is 14.0 Å². The van der Waals surface area contributed by atoms with Crippen LogP contribution in [0.15, 0.2) is 23.6 Å². The highest BCUT2D eigenvalue weighted by molar-refractivity contribution is 6.04. The van der Waals surface area contributed by atoms with Gasteiger partial charge in [-0.05, 0) is 55.9 Å². The zero-order chi connectivity index (χ0) is 23.4. The molecule has 0 heterocycles. The lowest BCUT2D eigenvalue weighted by Gasteiger charge is -2.59. The SMILES string of the molecule is CCC(=O)OC1[C@@H](C)C[C@H]2[C@@H]3C[C@H](F)C4=C(F)C(=O)C=C[C@]4(C)[C@H]3[C@@H](O)C[C@]12CCCF. The molecule has 9 atom stereocenters. The third-order valence-corrected chi connectivity index (χ3v) is 8.85. The fraction of sp³-hybridized carbons (Fsp3) is 0.760. The van der Waals surface area contributed by atoms with Crippen molar-refractivity contribution in [2.75, 3.05) is 6.67 Å². The fourth-order valence-electron chi connectivity index (χ4n) is 7.80. The molecule has 0 saturated heterocycles. The molecule has 4 rings (SSSR count). The Bertz CT molecular complexity index is 854. The van der Waals surface area contributed by atoms with Gasteiger partial charge in [0.1, 0.15) is 12.3 Å². The van der Waals surface area contributed by atoms with E-state index in [1.54, 1.807) is 19.9 Å². The van der Waals surface area contributed by atoms with E-state index in [1.165, 1.54) is 0 Å². The van der Waals surface area contributed by atoms with Gasteiger partial charge in [-0.15, -0.1) is 0 Å². The monoisotopic (exact) mass is 454 g/mol. The summed E-state index contributed by atoms with van der Waals surface area (Å²) in [6.45, 7) is 4.90. The summed E-state index contributed by atoms with van der Waals surface area (Å²) in [6, 6.07) is 0. The van der Waals surface area contributed by atoms with Crippen LogP contribution in [0, 0.1) is 34.5 Å². The van der Waals surface area contributed by atoms with Crippen molar-refractivity contribution in [3.05, 3.63) is 23.6 Å². The number of carbonyl (C=O) groups excluding carboxylic acids is 2. The maximum absolute atomic E-state index is 15.5. The topological polar surface area (TPSA) is 63.6 Å². The average molecular weight is 455 g/mol. The molecule has 0 aromatic heterocycles. The van der Waals surface area contributed by atoms with E-state index < -0.39 is 53.4 Å². The number of ether oxygens (including phenoxy) is 1. The average Bonchev–Trinajstić information content (AvgIpc) is 3.01. The van der Waals surface area contributed by atoms with E-state index in [4.69, 9.17) is 4.74 Å². The Labute approximate surface area is 187 Å². The van der Waals surface area contributed by atoms with Gasteiger partial charge in [-0.2, -0.15) is 0 Å². The number of carbonyl (C=O) groups is 2. The van der Waals surface area contributed by atoms with Crippen molar-refractivity contribution in [2.45, 2.75) is 77.7 Å². The Morgan fingerprint density at radius 2 is 2.06 bits per heavy atom. The van der Waals surface area contributed by atoms with Gasteiger partial charge in [-0.1, -0.05) is 26.8 Å². The van der Waals surface area contributed by atoms with Crippen molar-refractivity contribution < 1.29 is 32.6 Å². The summed E-state index contributed by atoms with van der Waals surface area (Å²) in [6.07, 6.45) is 1.60. The number of hydrogen-bond donors (Lipinski definition) is 1. The number of esters is 1. The Kier molecular flexibility index (Phi) is 6.10. The number of allylic oxidation sites excluding steroid dienone is 4. The predicted octanol–water partition coefficient (Wildman–Crippen LogP) is 4.81. The fourth-order valence-corrected chi connectivity index (χ4v) is 7.80. The first-order chi connectivity index (χ1) is 15.1. The van der Waals surface area contributed by atoms with Gasteiger partial charge >= 0.3 is 5.97 Å². The molecule has 4 aliphatic carbocycles. The van der Waals surface area contributed by atoms with Crippen molar-refractivity contribution >= 4 is 11.8 Å². The quantitative estimate of drug-likeness (QED) is 0.606. The number of hydrogen-bond acceptors (Lipinski definition) is 4. The minimum absolute atomic E-state index is 0.00436. The van der Waals surface area contributed by atoms with E-state index in [0.717, 1.165) is 6.08 Å². The van der Waals surface area contributed by atoms with Crippen LogP contribution in [0.2, 0.25) is 0 Å². The zero-order valence-corrected chi connectivity index (χ0v) is 19.0. The number of aliphatic hydroxyl groups is 1. The first-order valence-corrected chi connectivity index (χ1v) is 11.8. The number of rotatable bonds is 5. The number of halogens is 3. The molecule has 3 fully saturated rings. The standard InChI is InChI=1S/C25H33F3O4/c1-4-19(31)32-23-13(2)10-15-14-11-16(27)21-22(28)17(29)6-8-24(21,3)20(14)18(30)12-25(15,23)7-5-9-26/h6,8,13-16,18,20,23,30H,4-5,7,9-12H2,1-3H3/t13-,14-,15-,16-,18-,20+,23?,24+,25-/m0/s1. The molecule has 1 unspecified atom stereocenters. The summed E-state index contributed by atoms with van der Waals surface area (Å²) in [5, 5.41) is 11.4. The summed E-state index contributed by atoms with van der Waals surface area (Å²) in [4.78, 5) is 24.1. The molecule has 4 nitrogen and oxygen atoms in total. The van der Waals surface area contributed by atoms with E-state index in [2.05, 4.69) is 0 Å². The minimum atomic E-state index is -1.63. The molecular formula is C25H33F3O4. The zero-order valence-electron chi connectivity index (χ0n) is 19.0. The molecule has 178 valence electrons. The second-order valence-corrected chi connectivity index (χ2v) is 10.5. The molecular weight excluding hydrogens is 421 g/mol. The molecule has 0 aromatic rings. The second-order valence-electron chi connectivity index (χ2n) is 10.5. The highest BCUT2D eigenvalue weighted by Crippen LogP contribution is 2.68. The molecule has 0 spiro atoms. The molecule has 32 heavy (non-hydrogen) atoms. The van der Waals surface area contributed by atoms with Gasteiger partial charge in [0.2, 0.25) is 5.78 Å². The van der Waals surface area contributed by atoms with Gasteiger partial charge in [0.15, 0.2) is 5.83 Å². The predicted molar refractivity (Wildman–Crippen MR) is 113 cm³/mol. The van der Waals surface area contributed by atoms with Crippen LogP contribution in [-0.2, 0) is 14.3 Å². The highest BCUT2D eigenvalue weighted by atomic mass is 19.1. The highest BCUT2D eigenvalue weighted by Gasteiger charge is 2.67. The number of alkyl halides is 2. The maximum Gasteiger partial charge on any atom is 0.305 e. The van der Waals surface area contributed by atoms with Crippen LogP contribution in [0.3, 0.4) is 0 Å². The lowest BCUT2D eigenvalue weighted by atomic mass is 9.46. The lowest BCUT2D eigenvalue weighted by molar-refractivity contribution is -0.177. The van der Waals surface area contributed by atoms with Gasteiger partial charge in [-0.25, -0.2) is 8.78 Å². The lowest BCUT2D eigenvalue weighted by Crippen LogP contribution is -2.59. The van der Waals surface area contributed by atoms with Gasteiger partial charge in [0, 0.05) is 28.7 Å². The third-order valence-electron chi connectivity index (χ3n) is 8.85. The van der Waals surface area contributed by atoms with E-state index in [-0.39, 0.29) is 55.0 Å². The Morgan fingerprint density at radius 3 is 2.72 bits per heavy atom. The molecule has 7 heteroatoms. The molecule has 1 N–H and O–H groups in total. The van der Waals surface area contributed by atoms with Crippen LogP contribution in [0.25, 0.3) is 0 Å². The Balaban J connectivity index is 1.78. The van der Waals surface area contributed by atoms with Crippen LogP contribution in [-0.4, -0.2) is 41.9 Å². The van der Waals surface area contributed by atoms with E-state index in [0.29, 0.717) is 12.8 Å². The summed E-state index contributed by atoms with van der Waals surface area (Å²) < 4.78 is 49.4. The summed E-state index contributed by atoms with van der Waals surface area (Å²) >= 11 is 0. The molecule has 0 radical (unpaired) electrons. The van der Waals surface area contributed by atoms with Crippen LogP contribution in [0.5, 0.6) is 0 Å². The van der Waals surface area contributed by atoms with Crippen LogP contribution in [0.1, 0.15) is 59.3 Å². The number of ketones is 1. The van der Waals surface area contributed by atoms with Crippen molar-refractivity contribution in [3.8, 4) is 0 Å². The maximum atomic E-state index is 15.5. The van der Waals surface area contributed by atoms with Crippen molar-refractivity contribution in [1.29, 1.82) is 0 Å². The number of fused-ring (bicyclic) bond motifs is 5. The van der Waals surface area contributed by atoms with Gasteiger partial charge in [0.05, 0.1) is 12.8 Å². The first-order valence-electron chi connectivity index (χ1n) is 11.8. The molecule has 3 saturated carbocycles. The summed E-state index contributed by atoms with van der Waals surface area (Å²) in [7, 11) is 0. The van der Waals surface area contributed by atoms with E-state index >= 15 is 4.39 Å². The van der Waals surface area contributed by atoms with E-state index in [9.17, 15) is 23.5 Å². The molecule has 4 aliphatic rings. The largest absolute Gasteiger partial charge is 0.461 e. The first kappa shape index (κ1) is 23.5. The van der Waals surface area contributed by atoms with Crippen LogP contribution < -0.4 is 0 Å². The third kappa shape index (κ3) is 3.29. The van der Waals surface area contributed by atoms with Crippen molar-refractivity contribution in [2.24, 2.45) is 34.5 Å². The number of aliphatic hydroxyl groups excluding tert-OH is 1. The Morgan fingerprint density at radius 1 is 1.34 bits per heavy atom. The molecule has 0 aliphatic heterocycles. The normalized spacial score (nSPS) is 45.3. The molecule has 0 bridgehead atoms. The van der Waals surface area contributed by atoms with Crippen molar-refractivity contribution in [3.63, 3.8) is 0 Å². The van der Waals surface area contributed by atoms with Gasteiger partial charge < -0.3 is 9.84 Å². The van der Waals surface area contributed by atoms with Gasteiger partial charge in [0.25, 0.3) is 0 Å². The Hall–Kier alpha value is -1.63. The van der Waals surface area contributed by atoms with E-state index in [1.807, 2.05) is 6.92 Å². The van der Waals surface area contributed by atoms with Crippen molar-refractivity contribution in [1.82, 2.24) is 0 Å². The minimum Gasteiger partial charge on any atom is -0.461 e. The smallest absolute Gasteiger partial charge is 0.305 e. The summed E-state index contributed by atoms with van der Waals surface area (Å²) in [5.41, 5.74) is -1.89.